The van der Waals surface area contributed by atoms with Crippen LogP contribution in [0, 0.1) is 6.92 Å². The van der Waals surface area contributed by atoms with Crippen LogP contribution in [0.4, 0.5) is 5.69 Å². The first-order chi connectivity index (χ1) is 16.3. The third-order valence-corrected chi connectivity index (χ3v) is 5.88. The van der Waals surface area contributed by atoms with E-state index in [0.717, 1.165) is 22.0 Å². The molecule has 0 saturated heterocycles. The summed E-state index contributed by atoms with van der Waals surface area (Å²) in [5.41, 5.74) is 3.83. The predicted octanol–water partition coefficient (Wildman–Crippen LogP) is 4.92. The van der Waals surface area contributed by atoms with Crippen molar-refractivity contribution in [1.29, 1.82) is 0 Å². The first kappa shape index (κ1) is 21.4. The fraction of sp³-hybridized carbons (Fsp3) is 0.154. The van der Waals surface area contributed by atoms with Gasteiger partial charge in [0.05, 0.1) is 28.7 Å². The zero-order valence-corrected chi connectivity index (χ0v) is 18.9. The topological polar surface area (TPSA) is 110 Å². The number of nitrogens with one attached hydrogen (secondary N) is 1. The van der Waals surface area contributed by atoms with Crippen LogP contribution >= 0.6 is 0 Å². The molecule has 0 saturated carbocycles. The number of hydrogen-bond donors (Lipinski definition) is 2. The minimum Gasteiger partial charge on any atom is -0.478 e. The molecule has 2 aromatic carbocycles. The van der Waals surface area contributed by atoms with E-state index < -0.39 is 5.97 Å². The summed E-state index contributed by atoms with van der Waals surface area (Å²) >= 11 is 0. The molecular formula is C26H22N4O4. The van der Waals surface area contributed by atoms with Gasteiger partial charge in [0.15, 0.2) is 11.2 Å². The van der Waals surface area contributed by atoms with Crippen molar-refractivity contribution in [2.24, 2.45) is 7.05 Å². The van der Waals surface area contributed by atoms with Gasteiger partial charge in [-0.2, -0.15) is 5.10 Å². The third kappa shape index (κ3) is 3.59. The quantitative estimate of drug-likeness (QED) is 0.388. The Balaban J connectivity index is 1.69. The first-order valence-corrected chi connectivity index (χ1v) is 10.8. The maximum absolute atomic E-state index is 13.2. The first-order valence-electron chi connectivity index (χ1n) is 10.8. The second-order valence-electron chi connectivity index (χ2n) is 8.29. The van der Waals surface area contributed by atoms with Crippen LogP contribution in [0.2, 0.25) is 0 Å². The summed E-state index contributed by atoms with van der Waals surface area (Å²) < 4.78 is 8.02. The van der Waals surface area contributed by atoms with Gasteiger partial charge in [0.1, 0.15) is 11.3 Å². The van der Waals surface area contributed by atoms with Crippen molar-refractivity contribution in [2.75, 3.05) is 5.32 Å². The van der Waals surface area contributed by atoms with Crippen molar-refractivity contribution in [2.45, 2.75) is 19.9 Å². The van der Waals surface area contributed by atoms with Gasteiger partial charge in [-0.1, -0.05) is 18.2 Å². The van der Waals surface area contributed by atoms with E-state index in [1.165, 1.54) is 6.07 Å². The smallest absolute Gasteiger partial charge is 0.337 e. The molecule has 0 aliphatic carbocycles. The van der Waals surface area contributed by atoms with Crippen LogP contribution in [-0.4, -0.2) is 25.8 Å². The molecule has 0 bridgehead atoms. The van der Waals surface area contributed by atoms with Crippen LogP contribution < -0.4 is 10.7 Å². The van der Waals surface area contributed by atoms with Crippen LogP contribution in [-0.2, 0) is 7.05 Å². The molecule has 170 valence electrons. The van der Waals surface area contributed by atoms with Crippen molar-refractivity contribution < 1.29 is 14.3 Å². The van der Waals surface area contributed by atoms with Gasteiger partial charge in [-0.3, -0.25) is 14.5 Å². The Morgan fingerprint density at radius 3 is 2.76 bits per heavy atom. The van der Waals surface area contributed by atoms with E-state index in [9.17, 15) is 14.7 Å². The van der Waals surface area contributed by atoms with E-state index in [2.05, 4.69) is 15.4 Å². The summed E-state index contributed by atoms with van der Waals surface area (Å²) in [6.45, 7) is 3.81. The molecular weight excluding hydrogens is 432 g/mol. The van der Waals surface area contributed by atoms with Crippen LogP contribution in [0.3, 0.4) is 0 Å². The average molecular weight is 454 g/mol. The fourth-order valence-corrected chi connectivity index (χ4v) is 4.28. The highest BCUT2D eigenvalue weighted by Crippen LogP contribution is 2.32. The molecule has 1 atom stereocenters. The maximum atomic E-state index is 13.2. The number of benzene rings is 2. The van der Waals surface area contributed by atoms with Crippen molar-refractivity contribution >= 4 is 33.5 Å². The van der Waals surface area contributed by atoms with Crippen molar-refractivity contribution in [3.63, 3.8) is 0 Å². The van der Waals surface area contributed by atoms with Crippen LogP contribution in [0.15, 0.2) is 70.1 Å². The number of nitrogens with zero attached hydrogens (tertiary/aromatic N) is 3. The van der Waals surface area contributed by atoms with Gasteiger partial charge in [0.2, 0.25) is 0 Å². The number of carboxylic acids is 1. The van der Waals surface area contributed by atoms with Crippen LogP contribution in [0.25, 0.3) is 33.3 Å². The van der Waals surface area contributed by atoms with E-state index in [-0.39, 0.29) is 17.0 Å². The lowest BCUT2D eigenvalue weighted by molar-refractivity contribution is 0.0698. The van der Waals surface area contributed by atoms with Gasteiger partial charge in [0.25, 0.3) is 0 Å². The summed E-state index contributed by atoms with van der Waals surface area (Å²) in [5, 5.41) is 18.4. The van der Waals surface area contributed by atoms with E-state index in [4.69, 9.17) is 4.42 Å². The number of fused-ring (bicyclic) bond motifs is 2. The summed E-state index contributed by atoms with van der Waals surface area (Å²) in [6, 6.07) is 13.4. The minimum absolute atomic E-state index is 0.167. The molecule has 0 fully saturated rings. The second kappa shape index (κ2) is 8.15. The third-order valence-electron chi connectivity index (χ3n) is 5.88. The van der Waals surface area contributed by atoms with Crippen molar-refractivity contribution in [1.82, 2.24) is 14.8 Å². The summed E-state index contributed by atoms with van der Waals surface area (Å²) in [5.74, 6) is -0.677. The highest BCUT2D eigenvalue weighted by molar-refractivity contribution is 5.94. The number of pyridine rings is 1. The Morgan fingerprint density at radius 2 is 1.97 bits per heavy atom. The van der Waals surface area contributed by atoms with E-state index >= 15 is 0 Å². The lowest BCUT2D eigenvalue weighted by atomic mass is 10.0. The summed E-state index contributed by atoms with van der Waals surface area (Å²) in [7, 11) is 1.81. The second-order valence-corrected chi connectivity index (χ2v) is 8.29. The van der Waals surface area contributed by atoms with Crippen molar-refractivity contribution in [3.05, 3.63) is 87.8 Å². The zero-order chi connectivity index (χ0) is 24.0. The SMILES string of the molecule is Cc1cc([C@@H](C)Nc2ccccc2C(=O)O)c2oc(-c3nccc4cnn(C)c34)cc(=O)c2c1. The summed E-state index contributed by atoms with van der Waals surface area (Å²) in [4.78, 5) is 29.3. The average Bonchev–Trinajstić information content (AvgIpc) is 3.20. The molecule has 5 rings (SSSR count). The molecule has 2 N–H and O–H groups in total. The monoisotopic (exact) mass is 454 g/mol. The molecule has 0 spiro atoms. The lowest BCUT2D eigenvalue weighted by Gasteiger charge is -2.19. The number of rotatable bonds is 5. The molecule has 0 aliphatic rings. The number of carbonyl (C=O) groups is 1. The molecule has 0 aliphatic heterocycles. The summed E-state index contributed by atoms with van der Waals surface area (Å²) in [6.07, 6.45) is 3.40. The van der Waals surface area contributed by atoms with E-state index in [1.54, 1.807) is 47.4 Å². The molecule has 8 heteroatoms. The van der Waals surface area contributed by atoms with Gasteiger partial charge in [-0.05, 0) is 43.7 Å². The number of para-hydroxylation sites is 1. The Labute approximate surface area is 194 Å². The van der Waals surface area contributed by atoms with Gasteiger partial charge >= 0.3 is 5.97 Å². The molecule has 8 nitrogen and oxygen atoms in total. The van der Waals surface area contributed by atoms with Crippen LogP contribution in [0.5, 0.6) is 0 Å². The maximum Gasteiger partial charge on any atom is 0.337 e. The number of aromatic carboxylic acids is 1. The van der Waals surface area contributed by atoms with Gasteiger partial charge in [-0.25, -0.2) is 4.79 Å². The zero-order valence-electron chi connectivity index (χ0n) is 18.9. The number of hydrogen-bond acceptors (Lipinski definition) is 6. The molecule has 3 aromatic heterocycles. The van der Waals surface area contributed by atoms with Crippen molar-refractivity contribution in [3.8, 4) is 11.5 Å². The number of carboxylic acid groups (broad SMARTS) is 1. The largest absolute Gasteiger partial charge is 0.478 e. The minimum atomic E-state index is -1.02. The fourth-order valence-electron chi connectivity index (χ4n) is 4.28. The Morgan fingerprint density at radius 1 is 1.18 bits per heavy atom. The van der Waals surface area contributed by atoms with E-state index in [0.29, 0.717) is 28.1 Å². The molecule has 5 aromatic rings. The molecule has 0 amide bonds. The standard InChI is InChI=1S/C26H22N4O4/c1-14-10-18(15(2)29-20-7-5-4-6-17(20)26(32)33)25-19(11-14)21(31)12-22(34-25)23-24-16(8-9-27-23)13-28-30(24)3/h4-13,15,29H,1-3H3,(H,32,33)/t15-/m1/s1. The molecule has 34 heavy (non-hydrogen) atoms. The Hall–Kier alpha value is -4.46. The van der Waals surface area contributed by atoms with Crippen LogP contribution in [0.1, 0.15) is 34.5 Å². The van der Waals surface area contributed by atoms with Gasteiger partial charge in [0, 0.05) is 35.9 Å². The molecule has 0 radical (unpaired) electrons. The Bertz CT molecular complexity index is 1630. The number of anilines is 1. The lowest BCUT2D eigenvalue weighted by Crippen LogP contribution is -2.12. The highest BCUT2D eigenvalue weighted by atomic mass is 16.4. The molecule has 3 heterocycles. The van der Waals surface area contributed by atoms with Gasteiger partial charge < -0.3 is 14.8 Å². The predicted molar refractivity (Wildman–Crippen MR) is 130 cm³/mol. The highest BCUT2D eigenvalue weighted by Gasteiger charge is 2.20. The number of aromatic nitrogens is 3. The normalized spacial score (nSPS) is 12.2. The Kier molecular flexibility index (Phi) is 5.13. The molecule has 0 unspecified atom stereocenters. The van der Waals surface area contributed by atoms with E-state index in [1.807, 2.05) is 33.0 Å². The number of aryl methyl sites for hydroxylation is 2. The van der Waals surface area contributed by atoms with Gasteiger partial charge in [-0.15, -0.1) is 0 Å².